The van der Waals surface area contributed by atoms with Gasteiger partial charge in [0.15, 0.2) is 4.80 Å². The van der Waals surface area contributed by atoms with Crippen LogP contribution in [0.4, 0.5) is 10.1 Å². The molecule has 238 valence electrons. The molecule has 1 aromatic heterocycles. The van der Waals surface area contributed by atoms with Gasteiger partial charge in [-0.2, -0.15) is 0 Å². The summed E-state index contributed by atoms with van der Waals surface area (Å²) in [7, 11) is 1.57. The topological polar surface area (TPSA) is 81.9 Å². The van der Waals surface area contributed by atoms with Crippen molar-refractivity contribution in [2.45, 2.75) is 19.6 Å². The average Bonchev–Trinajstić information content (AvgIpc) is 3.41. The Kier molecular flexibility index (Phi) is 8.44. The van der Waals surface area contributed by atoms with E-state index in [4.69, 9.17) is 14.5 Å². The minimum absolute atomic E-state index is 0.0159. The molecule has 0 spiro atoms. The second-order valence-electron chi connectivity index (χ2n) is 11.3. The molecule has 1 amide bonds. The lowest BCUT2D eigenvalue weighted by Gasteiger charge is -2.25. The summed E-state index contributed by atoms with van der Waals surface area (Å²) in [6.45, 7) is 1.80. The lowest BCUT2D eigenvalue weighted by molar-refractivity contribution is -0.113. The molecule has 2 heterocycles. The fraction of sp³-hybridized carbons (Fsp3) is 0.103. The van der Waals surface area contributed by atoms with Crippen LogP contribution in [0.25, 0.3) is 16.8 Å². The highest BCUT2D eigenvalue weighted by Crippen LogP contribution is 2.33. The van der Waals surface area contributed by atoms with Gasteiger partial charge in [-0.05, 0) is 65.7 Å². The Bertz CT molecular complexity index is 2400. The van der Waals surface area contributed by atoms with Gasteiger partial charge in [0.25, 0.3) is 11.5 Å². The Hall–Kier alpha value is -5.80. The highest BCUT2D eigenvalue weighted by atomic mass is 32.1. The highest BCUT2D eigenvalue weighted by Gasteiger charge is 2.33. The fourth-order valence-electron chi connectivity index (χ4n) is 5.91. The molecule has 0 saturated carbocycles. The maximum absolute atomic E-state index is 14.5. The number of fused-ring (bicyclic) bond motifs is 2. The molecule has 48 heavy (non-hydrogen) atoms. The van der Waals surface area contributed by atoms with Crippen LogP contribution < -0.4 is 29.7 Å². The van der Waals surface area contributed by atoms with E-state index < -0.39 is 6.04 Å². The molecular weight excluding hydrogens is 626 g/mol. The molecule has 0 bridgehead atoms. The molecule has 1 N–H and O–H groups in total. The Labute approximate surface area is 279 Å². The molecule has 0 saturated heterocycles. The number of halogens is 1. The summed E-state index contributed by atoms with van der Waals surface area (Å²) in [5, 5.41) is 4.81. The summed E-state index contributed by atoms with van der Waals surface area (Å²) in [6, 6.07) is 33.8. The Morgan fingerprint density at radius 3 is 2.54 bits per heavy atom. The molecule has 6 aromatic rings. The molecule has 0 unspecified atom stereocenters. The largest absolute Gasteiger partial charge is 0.497 e. The van der Waals surface area contributed by atoms with E-state index in [0.717, 1.165) is 10.8 Å². The maximum atomic E-state index is 14.5. The number of allylic oxidation sites excluding steroid dienone is 1. The van der Waals surface area contributed by atoms with Crippen LogP contribution >= 0.6 is 11.3 Å². The predicted octanol–water partition coefficient (Wildman–Crippen LogP) is 6.75. The highest BCUT2D eigenvalue weighted by molar-refractivity contribution is 7.07. The monoisotopic (exact) mass is 655 g/mol. The summed E-state index contributed by atoms with van der Waals surface area (Å²) in [4.78, 5) is 33.6. The minimum Gasteiger partial charge on any atom is -0.497 e. The first-order valence-electron chi connectivity index (χ1n) is 15.3. The summed E-state index contributed by atoms with van der Waals surface area (Å²) in [5.74, 6) is 0.390. The van der Waals surface area contributed by atoms with E-state index in [9.17, 15) is 14.0 Å². The van der Waals surface area contributed by atoms with Crippen molar-refractivity contribution in [1.82, 2.24) is 4.57 Å². The molecule has 1 aliphatic heterocycles. The fourth-order valence-corrected chi connectivity index (χ4v) is 6.94. The number of thiazole rings is 1. The molecule has 7 rings (SSSR count). The zero-order valence-electron chi connectivity index (χ0n) is 26.1. The number of para-hydroxylation sites is 1. The lowest BCUT2D eigenvalue weighted by Crippen LogP contribution is -2.40. The molecule has 0 fully saturated rings. The number of amides is 1. The number of ether oxygens (including phenoxy) is 2. The van der Waals surface area contributed by atoms with Crippen LogP contribution in [0.1, 0.15) is 29.7 Å². The van der Waals surface area contributed by atoms with Gasteiger partial charge in [0.1, 0.15) is 23.9 Å². The van der Waals surface area contributed by atoms with Crippen LogP contribution in [-0.2, 0) is 11.4 Å². The van der Waals surface area contributed by atoms with Crippen LogP contribution in [0.2, 0.25) is 0 Å². The van der Waals surface area contributed by atoms with Gasteiger partial charge in [-0.1, -0.05) is 90.2 Å². The number of benzene rings is 5. The summed E-state index contributed by atoms with van der Waals surface area (Å²) < 4.78 is 28.1. The molecule has 1 atom stereocenters. The van der Waals surface area contributed by atoms with Gasteiger partial charge < -0.3 is 14.8 Å². The summed E-state index contributed by atoms with van der Waals surface area (Å²) in [6.07, 6.45) is 1.80. The number of nitrogens with one attached hydrogen (secondary N) is 1. The molecule has 9 heteroatoms. The molecular formula is C39H30FN3O4S. The first kappa shape index (κ1) is 30.8. The van der Waals surface area contributed by atoms with E-state index in [1.807, 2.05) is 78.9 Å². The van der Waals surface area contributed by atoms with E-state index in [1.165, 1.54) is 17.4 Å². The van der Waals surface area contributed by atoms with Gasteiger partial charge in [0.2, 0.25) is 0 Å². The second kappa shape index (κ2) is 13.1. The van der Waals surface area contributed by atoms with E-state index in [0.29, 0.717) is 54.5 Å². The van der Waals surface area contributed by atoms with Gasteiger partial charge in [-0.25, -0.2) is 9.38 Å². The number of carbonyl (C=O) groups excluding carboxylic acids is 1. The van der Waals surface area contributed by atoms with Crippen molar-refractivity contribution in [1.29, 1.82) is 0 Å². The van der Waals surface area contributed by atoms with Gasteiger partial charge in [-0.15, -0.1) is 0 Å². The number of methoxy groups -OCH3 is 1. The van der Waals surface area contributed by atoms with Gasteiger partial charge in [-0.3, -0.25) is 14.2 Å². The third kappa shape index (κ3) is 5.91. The summed E-state index contributed by atoms with van der Waals surface area (Å²) >= 11 is 1.24. The minimum atomic E-state index is -0.772. The zero-order valence-corrected chi connectivity index (χ0v) is 27.0. The number of nitrogens with zero attached hydrogens (tertiary/aromatic N) is 2. The second-order valence-corrected chi connectivity index (χ2v) is 12.3. The smallest absolute Gasteiger partial charge is 0.271 e. The van der Waals surface area contributed by atoms with E-state index in [-0.39, 0.29) is 23.9 Å². The van der Waals surface area contributed by atoms with E-state index in [2.05, 4.69) is 5.32 Å². The normalized spacial score (nSPS) is 14.4. The molecule has 0 radical (unpaired) electrons. The van der Waals surface area contributed by atoms with Gasteiger partial charge in [0, 0.05) is 16.8 Å². The first-order valence-corrected chi connectivity index (χ1v) is 16.1. The third-order valence-electron chi connectivity index (χ3n) is 8.25. The standard InChI is InChI=1S/C39H30FN3O4S/c1-24-35(37(44)42-28-14-4-3-5-15-28)36(26-13-10-16-29(21-26)46-2)43-38(45)34(48-39(43)41-24)22-31-30-17-8-6-11-25(30)19-20-33(31)47-23-27-12-7-9-18-32(27)40/h3-22,36H,23H2,1-2H3,(H,42,44)/b34-22-/t36-/m0/s1. The van der Waals surface area contributed by atoms with E-state index in [1.54, 1.807) is 55.0 Å². The van der Waals surface area contributed by atoms with Crippen molar-refractivity contribution in [2.24, 2.45) is 4.99 Å². The average molecular weight is 656 g/mol. The van der Waals surface area contributed by atoms with Crippen molar-refractivity contribution in [3.63, 3.8) is 0 Å². The number of hydrogen-bond acceptors (Lipinski definition) is 6. The van der Waals surface area contributed by atoms with Gasteiger partial charge in [0.05, 0.1) is 29.0 Å². The number of aromatic nitrogens is 1. The van der Waals surface area contributed by atoms with Gasteiger partial charge >= 0.3 is 0 Å². The molecule has 0 aliphatic carbocycles. The number of rotatable bonds is 8. The molecule has 7 nitrogen and oxygen atoms in total. The van der Waals surface area contributed by atoms with Crippen LogP contribution in [0.3, 0.4) is 0 Å². The molecule has 5 aromatic carbocycles. The summed E-state index contributed by atoms with van der Waals surface area (Å²) in [5.41, 5.74) is 2.99. The first-order chi connectivity index (χ1) is 23.4. The Morgan fingerprint density at radius 1 is 0.958 bits per heavy atom. The number of hydrogen-bond donors (Lipinski definition) is 1. The van der Waals surface area contributed by atoms with Crippen molar-refractivity contribution in [3.05, 3.63) is 169 Å². The lowest BCUT2D eigenvalue weighted by atomic mass is 9.95. The van der Waals surface area contributed by atoms with Crippen LogP contribution in [0.5, 0.6) is 11.5 Å². The Balaban J connectivity index is 1.38. The zero-order chi connectivity index (χ0) is 33.2. The van der Waals surface area contributed by atoms with E-state index >= 15 is 0 Å². The SMILES string of the molecule is COc1cccc([C@H]2C(C(=O)Nc3ccccc3)=C(C)N=c3s/c(=C\c4c(OCc5ccccc5F)ccc5ccccc45)c(=O)n32)c1. The molecule has 1 aliphatic rings. The third-order valence-corrected chi connectivity index (χ3v) is 9.24. The maximum Gasteiger partial charge on any atom is 0.271 e. The van der Waals surface area contributed by atoms with Crippen LogP contribution in [0.15, 0.2) is 136 Å². The van der Waals surface area contributed by atoms with Crippen molar-refractivity contribution in [3.8, 4) is 11.5 Å². The van der Waals surface area contributed by atoms with Crippen LogP contribution in [0, 0.1) is 5.82 Å². The van der Waals surface area contributed by atoms with Crippen molar-refractivity contribution < 1.29 is 18.7 Å². The van der Waals surface area contributed by atoms with Crippen LogP contribution in [-0.4, -0.2) is 17.6 Å². The Morgan fingerprint density at radius 2 is 1.73 bits per heavy atom. The van der Waals surface area contributed by atoms with Crippen molar-refractivity contribution in [2.75, 3.05) is 12.4 Å². The number of carbonyl (C=O) groups is 1. The number of anilines is 1. The van der Waals surface area contributed by atoms with Crippen molar-refractivity contribution >= 4 is 39.8 Å². The quantitative estimate of drug-likeness (QED) is 0.197. The predicted molar refractivity (Wildman–Crippen MR) is 187 cm³/mol.